The number of phenolic OH excluding ortho intramolecular Hbond substituents is 1. The average molecular weight is 480 g/mol. The Morgan fingerprint density at radius 2 is 1.80 bits per heavy atom. The van der Waals surface area contributed by atoms with Gasteiger partial charge >= 0.3 is 6.16 Å². The van der Waals surface area contributed by atoms with Gasteiger partial charge in [0, 0.05) is 29.7 Å². The van der Waals surface area contributed by atoms with Crippen LogP contribution in [0.25, 0.3) is 0 Å². The van der Waals surface area contributed by atoms with Crippen LogP contribution in [-0.2, 0) is 25.5 Å². The van der Waals surface area contributed by atoms with Crippen LogP contribution in [0.15, 0.2) is 60.4 Å². The topological polar surface area (TPSA) is 102 Å². The molecule has 35 heavy (non-hydrogen) atoms. The average Bonchev–Trinajstić information content (AvgIpc) is 3.09. The van der Waals surface area contributed by atoms with Crippen molar-refractivity contribution in [3.63, 3.8) is 0 Å². The van der Waals surface area contributed by atoms with Gasteiger partial charge < -0.3 is 19.9 Å². The van der Waals surface area contributed by atoms with E-state index in [0.717, 1.165) is 11.1 Å². The minimum Gasteiger partial charge on any atom is -0.508 e. The number of hydrogen-bond donors (Lipinski definition) is 2. The first kappa shape index (κ1) is 24.8. The summed E-state index contributed by atoms with van der Waals surface area (Å²) in [4.78, 5) is 39.1. The number of rotatable bonds is 2. The van der Waals surface area contributed by atoms with E-state index >= 15 is 0 Å². The van der Waals surface area contributed by atoms with Crippen molar-refractivity contribution in [1.29, 1.82) is 0 Å². The number of cyclic esters (lactones) is 1. The molecule has 0 bridgehead atoms. The molecule has 1 saturated heterocycles. The lowest BCUT2D eigenvalue weighted by Gasteiger charge is -2.44. The Morgan fingerprint density at radius 1 is 1.09 bits per heavy atom. The summed E-state index contributed by atoms with van der Waals surface area (Å²) in [5, 5.41) is 12.7. The van der Waals surface area contributed by atoms with Crippen LogP contribution in [0.5, 0.6) is 5.75 Å². The molecule has 1 aromatic carbocycles. The Kier molecular flexibility index (Phi) is 6.88. The fraction of sp³-hybridized carbons (Fsp3) is 0.464. The Morgan fingerprint density at radius 3 is 2.51 bits per heavy atom. The molecule has 2 heterocycles. The highest BCUT2D eigenvalue weighted by atomic mass is 16.7. The van der Waals surface area contributed by atoms with Gasteiger partial charge in [-0.3, -0.25) is 9.59 Å². The highest BCUT2D eigenvalue weighted by Crippen LogP contribution is 2.50. The van der Waals surface area contributed by atoms with Gasteiger partial charge in [-0.1, -0.05) is 56.7 Å². The quantitative estimate of drug-likeness (QED) is 0.479. The van der Waals surface area contributed by atoms with Crippen LogP contribution >= 0.6 is 0 Å². The molecule has 1 aromatic rings. The van der Waals surface area contributed by atoms with Gasteiger partial charge in [-0.25, -0.2) is 4.79 Å². The maximum atomic E-state index is 13.7. The number of allylic oxidation sites excluding steroid dienone is 3. The standard InChI is InChI=1S/C28H33NO6/c1-16-6-5-7-21-14-18(3)19(4)24-23(15-20-8-10-22(30)11-9-20)29-26(32)28(21,24)35-27(33)34-13-12-17(2)25(16)31/h5,7-14,16-17,19,21,23-24,30H,6,15H2,1-4H3,(H,29,32)/t16-,17+,19+,21-,23-,24-,28+/m0/s1. The van der Waals surface area contributed by atoms with Crippen molar-refractivity contribution in [2.45, 2.75) is 52.2 Å². The van der Waals surface area contributed by atoms with E-state index in [1.165, 1.54) is 12.3 Å². The molecule has 1 spiro atoms. The molecule has 4 rings (SSSR count). The molecule has 7 nitrogen and oxygen atoms in total. The monoisotopic (exact) mass is 479 g/mol. The first-order chi connectivity index (χ1) is 16.6. The molecule has 1 aliphatic carbocycles. The second-order valence-electron chi connectivity index (χ2n) is 10.0. The van der Waals surface area contributed by atoms with Crippen LogP contribution in [-0.4, -0.2) is 34.6 Å². The number of phenols is 1. The van der Waals surface area contributed by atoms with E-state index in [9.17, 15) is 19.5 Å². The minimum atomic E-state index is -1.48. The number of Topliss-reactive ketones (excluding diaryl/α,β-unsaturated/α-hetero) is 1. The van der Waals surface area contributed by atoms with Gasteiger partial charge in [-0.2, -0.15) is 0 Å². The lowest BCUT2D eigenvalue weighted by molar-refractivity contribution is -0.147. The molecule has 7 heteroatoms. The van der Waals surface area contributed by atoms with Gasteiger partial charge in [0.1, 0.15) is 11.5 Å². The molecule has 1 fully saturated rings. The zero-order valence-electron chi connectivity index (χ0n) is 20.6. The number of hydrogen-bond acceptors (Lipinski definition) is 6. The first-order valence-corrected chi connectivity index (χ1v) is 12.2. The highest BCUT2D eigenvalue weighted by molar-refractivity contribution is 5.92. The van der Waals surface area contributed by atoms with Crippen molar-refractivity contribution < 1.29 is 29.0 Å². The van der Waals surface area contributed by atoms with E-state index in [1.807, 2.05) is 51.1 Å². The zero-order chi connectivity index (χ0) is 25.3. The SMILES string of the molecule is CC1=C[C@@H]2C=CC[C@H](C)C(=O)[C@H](C)C=COC(=O)O[C@]23C(=O)N[C@@H](Cc2ccc(O)cc2)[C@@H]3[C@@H]1C. The van der Waals surface area contributed by atoms with Gasteiger partial charge in [0.15, 0.2) is 0 Å². The normalized spacial score (nSPS) is 35.3. The highest BCUT2D eigenvalue weighted by Gasteiger charge is 2.64. The predicted octanol–water partition coefficient (Wildman–Crippen LogP) is 4.47. The third-order valence-electron chi connectivity index (χ3n) is 7.74. The number of nitrogens with one attached hydrogen (secondary N) is 1. The summed E-state index contributed by atoms with van der Waals surface area (Å²) in [5.41, 5.74) is 0.578. The fourth-order valence-corrected chi connectivity index (χ4v) is 5.67. The molecule has 7 atom stereocenters. The van der Waals surface area contributed by atoms with Crippen molar-refractivity contribution in [1.82, 2.24) is 5.32 Å². The van der Waals surface area contributed by atoms with Crippen molar-refractivity contribution in [2.75, 3.05) is 0 Å². The maximum Gasteiger partial charge on any atom is 0.514 e. The van der Waals surface area contributed by atoms with E-state index in [1.54, 1.807) is 19.1 Å². The van der Waals surface area contributed by atoms with E-state index in [0.29, 0.717) is 12.8 Å². The molecular formula is C28H33NO6. The summed E-state index contributed by atoms with van der Waals surface area (Å²) in [6.07, 6.45) is 8.56. The number of aromatic hydroxyl groups is 1. The van der Waals surface area contributed by atoms with Crippen LogP contribution in [0.4, 0.5) is 4.79 Å². The number of carbonyl (C=O) groups is 3. The zero-order valence-corrected chi connectivity index (χ0v) is 20.6. The lowest BCUT2D eigenvalue weighted by Crippen LogP contribution is -2.56. The number of ether oxygens (including phenoxy) is 2. The number of benzene rings is 1. The third kappa shape index (κ3) is 4.64. The fourth-order valence-electron chi connectivity index (χ4n) is 5.67. The Balaban J connectivity index is 1.76. The largest absolute Gasteiger partial charge is 0.514 e. The smallest absolute Gasteiger partial charge is 0.508 e. The Hall–Kier alpha value is -3.35. The molecule has 2 aliphatic heterocycles. The van der Waals surface area contributed by atoms with Crippen molar-refractivity contribution in [3.8, 4) is 5.75 Å². The third-order valence-corrected chi connectivity index (χ3v) is 7.74. The molecule has 0 radical (unpaired) electrons. The van der Waals surface area contributed by atoms with Crippen LogP contribution in [0.2, 0.25) is 0 Å². The second-order valence-corrected chi connectivity index (χ2v) is 10.0. The molecule has 0 unspecified atom stereocenters. The predicted molar refractivity (Wildman–Crippen MR) is 130 cm³/mol. The second kappa shape index (κ2) is 9.72. The summed E-state index contributed by atoms with van der Waals surface area (Å²) in [6.45, 7) is 7.70. The van der Waals surface area contributed by atoms with Crippen molar-refractivity contribution in [3.05, 3.63) is 66.0 Å². The Bertz CT molecular complexity index is 1090. The van der Waals surface area contributed by atoms with Crippen LogP contribution < -0.4 is 5.32 Å². The molecule has 2 N–H and O–H groups in total. The van der Waals surface area contributed by atoms with E-state index < -0.39 is 23.6 Å². The first-order valence-electron chi connectivity index (χ1n) is 12.2. The van der Waals surface area contributed by atoms with Gasteiger partial charge in [0.25, 0.3) is 5.91 Å². The van der Waals surface area contributed by atoms with Gasteiger partial charge in [-0.05, 0) is 49.5 Å². The van der Waals surface area contributed by atoms with Crippen molar-refractivity contribution in [2.24, 2.45) is 29.6 Å². The number of ketones is 1. The van der Waals surface area contributed by atoms with Gasteiger partial charge in [0.2, 0.25) is 5.60 Å². The molecule has 186 valence electrons. The van der Waals surface area contributed by atoms with E-state index in [2.05, 4.69) is 5.32 Å². The molecule has 1 amide bonds. The van der Waals surface area contributed by atoms with E-state index in [4.69, 9.17) is 9.47 Å². The minimum absolute atomic E-state index is 0.0414. The molecule has 0 saturated carbocycles. The lowest BCUT2D eigenvalue weighted by atomic mass is 9.63. The molecule has 3 aliphatic rings. The van der Waals surface area contributed by atoms with Crippen LogP contribution in [0, 0.1) is 29.6 Å². The van der Waals surface area contributed by atoms with Gasteiger partial charge in [0.05, 0.1) is 6.26 Å². The maximum absolute atomic E-state index is 13.7. The molecular weight excluding hydrogens is 446 g/mol. The van der Waals surface area contributed by atoms with Gasteiger partial charge in [-0.15, -0.1) is 0 Å². The summed E-state index contributed by atoms with van der Waals surface area (Å²) in [6, 6.07) is 6.59. The van der Waals surface area contributed by atoms with E-state index in [-0.39, 0.29) is 41.2 Å². The number of amides is 1. The van der Waals surface area contributed by atoms with Crippen molar-refractivity contribution >= 4 is 17.8 Å². The summed E-state index contributed by atoms with van der Waals surface area (Å²) in [7, 11) is 0. The number of carbonyl (C=O) groups excluding carboxylic acids is 3. The summed E-state index contributed by atoms with van der Waals surface area (Å²) in [5.74, 6) is -1.66. The molecule has 0 aromatic heterocycles. The van der Waals surface area contributed by atoms with Crippen LogP contribution in [0.1, 0.15) is 39.7 Å². The Labute approximate surface area is 205 Å². The summed E-state index contributed by atoms with van der Waals surface area (Å²) < 4.78 is 11.1. The summed E-state index contributed by atoms with van der Waals surface area (Å²) >= 11 is 0. The van der Waals surface area contributed by atoms with Crippen LogP contribution in [0.3, 0.4) is 0 Å².